The first-order valence-electron chi connectivity index (χ1n) is 12.4. The van der Waals surface area contributed by atoms with E-state index in [2.05, 4.69) is 15.4 Å². The first kappa shape index (κ1) is 31.9. The monoisotopic (exact) mass is 533 g/mol. The third-order valence-corrected chi connectivity index (χ3v) is 5.74. The fraction of sp³-hybridized carbons (Fsp3) is 0.481. The van der Waals surface area contributed by atoms with Crippen molar-refractivity contribution in [1.29, 1.82) is 0 Å². The van der Waals surface area contributed by atoms with E-state index < -0.39 is 23.7 Å². The molecule has 0 aliphatic carbocycles. The van der Waals surface area contributed by atoms with Crippen LogP contribution in [0.15, 0.2) is 48.9 Å². The van der Waals surface area contributed by atoms with E-state index in [0.29, 0.717) is 19.4 Å². The number of carbonyl (C=O) groups excluding carboxylic acids is 3. The van der Waals surface area contributed by atoms with Crippen molar-refractivity contribution in [3.05, 3.63) is 60.2 Å². The molecule has 0 bridgehead atoms. The van der Waals surface area contributed by atoms with E-state index in [9.17, 15) is 19.6 Å². The second-order valence-corrected chi connectivity index (χ2v) is 9.80. The Labute approximate surface area is 225 Å². The number of rotatable bonds is 13. The molecule has 1 aromatic heterocycles. The number of allylic oxidation sites excluding steroid dienone is 1. The van der Waals surface area contributed by atoms with Crippen molar-refractivity contribution >= 4 is 36.2 Å². The zero-order valence-corrected chi connectivity index (χ0v) is 22.8. The highest BCUT2D eigenvalue weighted by Crippen LogP contribution is 2.26. The zero-order valence-electron chi connectivity index (χ0n) is 22.0. The average Bonchev–Trinajstić information content (AvgIpc) is 3.37. The summed E-state index contributed by atoms with van der Waals surface area (Å²) in [6.07, 6.45) is 8.31. The molecule has 0 spiro atoms. The molecule has 1 heterocycles. The number of halogens is 1. The zero-order chi connectivity index (χ0) is 26.5. The van der Waals surface area contributed by atoms with Gasteiger partial charge in [0, 0.05) is 19.2 Å². The Balaban J connectivity index is 0.00000684. The maximum Gasteiger partial charge on any atom is 0.247 e. The fourth-order valence-corrected chi connectivity index (χ4v) is 4.00. The Hall–Kier alpha value is -3.17. The number of aryl methyl sites for hydroxylation is 1. The number of H-pyrrole nitrogens is 1. The summed E-state index contributed by atoms with van der Waals surface area (Å²) in [5.74, 6) is -2.59. The van der Waals surface area contributed by atoms with E-state index in [4.69, 9.17) is 0 Å². The van der Waals surface area contributed by atoms with Gasteiger partial charge in [-0.25, -0.2) is 10.5 Å². The van der Waals surface area contributed by atoms with Crippen molar-refractivity contribution in [2.45, 2.75) is 53.4 Å². The van der Waals surface area contributed by atoms with E-state index in [0.717, 1.165) is 11.3 Å². The summed E-state index contributed by atoms with van der Waals surface area (Å²) < 4.78 is 0. The maximum atomic E-state index is 13.5. The van der Waals surface area contributed by atoms with Crippen LogP contribution in [0, 0.1) is 23.7 Å². The summed E-state index contributed by atoms with van der Waals surface area (Å²) in [7, 11) is 0. The molecule has 0 unspecified atom stereocenters. The molecule has 0 saturated heterocycles. The molecule has 0 saturated carbocycles. The van der Waals surface area contributed by atoms with Gasteiger partial charge in [0.05, 0.1) is 23.9 Å². The van der Waals surface area contributed by atoms with Gasteiger partial charge in [-0.1, -0.05) is 70.2 Å². The van der Waals surface area contributed by atoms with Gasteiger partial charge in [0.15, 0.2) is 0 Å². The number of aromatic nitrogens is 2. The molecule has 0 aliphatic heterocycles. The molecule has 204 valence electrons. The number of benzene rings is 1. The van der Waals surface area contributed by atoms with Crippen molar-refractivity contribution in [2.24, 2.45) is 23.7 Å². The summed E-state index contributed by atoms with van der Waals surface area (Å²) >= 11 is 0. The van der Waals surface area contributed by atoms with E-state index in [-0.39, 0.29) is 43.0 Å². The first-order chi connectivity index (χ1) is 17.2. The highest BCUT2D eigenvalue weighted by Gasteiger charge is 2.35. The van der Waals surface area contributed by atoms with Crippen LogP contribution in [-0.2, 0) is 20.8 Å². The Morgan fingerprint density at radius 2 is 1.76 bits per heavy atom. The molecule has 2 atom stereocenters. The number of amides is 3. The Morgan fingerprint density at radius 3 is 2.32 bits per heavy atom. The number of nitrogens with one attached hydrogen (secondary N) is 3. The summed E-state index contributed by atoms with van der Waals surface area (Å²) in [6, 6.07) is 9.63. The fourth-order valence-electron chi connectivity index (χ4n) is 4.00. The van der Waals surface area contributed by atoms with Crippen LogP contribution in [0.5, 0.6) is 0 Å². The molecule has 2 rings (SSSR count). The minimum Gasteiger partial charge on any atom is -0.351 e. The topological polar surface area (TPSA) is 127 Å². The average molecular weight is 534 g/mol. The molecule has 2 aromatic rings. The highest BCUT2D eigenvalue weighted by molar-refractivity contribution is 5.89. The summed E-state index contributed by atoms with van der Waals surface area (Å²) in [4.78, 5) is 46.1. The second-order valence-electron chi connectivity index (χ2n) is 9.80. The lowest BCUT2D eigenvalue weighted by atomic mass is 9.82. The largest absolute Gasteiger partial charge is 0.351 e. The van der Waals surface area contributed by atoms with Crippen LogP contribution in [0.3, 0.4) is 0 Å². The number of nitrogens with zero attached hydrogens (tertiary/aromatic N) is 2. The van der Waals surface area contributed by atoms with Gasteiger partial charge in [-0.3, -0.25) is 30.0 Å². The molecule has 0 radical (unpaired) electrons. The van der Waals surface area contributed by atoms with Crippen LogP contribution in [0.2, 0.25) is 0 Å². The van der Waals surface area contributed by atoms with Crippen LogP contribution in [0.25, 0.3) is 6.08 Å². The lowest BCUT2D eigenvalue weighted by molar-refractivity contribution is -0.147. The third kappa shape index (κ3) is 11.2. The van der Waals surface area contributed by atoms with Crippen LogP contribution < -0.4 is 10.9 Å². The molecule has 9 nitrogen and oxygen atoms in total. The van der Waals surface area contributed by atoms with Crippen molar-refractivity contribution in [1.82, 2.24) is 25.9 Å². The van der Waals surface area contributed by atoms with Crippen molar-refractivity contribution < 1.29 is 19.6 Å². The SMILES string of the molecule is CC(C)C[C@@H](C(=O)NN(CC(C)C)C(=O)CCc1c[nH]cn1)[C@H](CC=Cc1ccccc1)C(=O)NO.Cl. The molecular weight excluding hydrogens is 494 g/mol. The van der Waals surface area contributed by atoms with Crippen LogP contribution in [-0.4, -0.2) is 44.5 Å². The number of carbonyl (C=O) groups is 3. The number of hydrogen-bond donors (Lipinski definition) is 4. The Kier molecular flexibility index (Phi) is 14.3. The van der Waals surface area contributed by atoms with Crippen molar-refractivity contribution in [3.8, 4) is 0 Å². The maximum absolute atomic E-state index is 13.5. The molecule has 0 aliphatic rings. The molecule has 4 N–H and O–H groups in total. The van der Waals surface area contributed by atoms with Crippen LogP contribution >= 0.6 is 12.4 Å². The van der Waals surface area contributed by atoms with Crippen molar-refractivity contribution in [3.63, 3.8) is 0 Å². The van der Waals surface area contributed by atoms with Crippen LogP contribution in [0.4, 0.5) is 0 Å². The quantitative estimate of drug-likeness (QED) is 0.227. The second kappa shape index (κ2) is 16.6. The van der Waals surface area contributed by atoms with E-state index in [1.54, 1.807) is 18.0 Å². The summed E-state index contributed by atoms with van der Waals surface area (Å²) in [5.41, 5.74) is 6.24. The van der Waals surface area contributed by atoms with Gasteiger partial charge in [0.2, 0.25) is 17.7 Å². The van der Waals surface area contributed by atoms with Gasteiger partial charge in [-0.15, -0.1) is 12.4 Å². The van der Waals surface area contributed by atoms with Gasteiger partial charge in [0.25, 0.3) is 0 Å². The number of imidazole rings is 1. The number of aromatic amines is 1. The summed E-state index contributed by atoms with van der Waals surface area (Å²) in [5, 5.41) is 10.8. The molecule has 37 heavy (non-hydrogen) atoms. The molecule has 3 amide bonds. The lowest BCUT2D eigenvalue weighted by Crippen LogP contribution is -2.52. The Bertz CT molecular complexity index is 980. The smallest absolute Gasteiger partial charge is 0.247 e. The van der Waals surface area contributed by atoms with Crippen LogP contribution in [0.1, 0.15) is 58.2 Å². The minimum atomic E-state index is -0.808. The van der Waals surface area contributed by atoms with Gasteiger partial charge in [-0.2, -0.15) is 0 Å². The predicted octanol–water partition coefficient (Wildman–Crippen LogP) is 4.17. The van der Waals surface area contributed by atoms with Gasteiger partial charge in [-0.05, 0) is 36.7 Å². The van der Waals surface area contributed by atoms with Gasteiger partial charge < -0.3 is 4.98 Å². The molecule has 10 heteroatoms. The normalized spacial score (nSPS) is 12.7. The van der Waals surface area contributed by atoms with E-state index in [1.807, 2.05) is 70.2 Å². The lowest BCUT2D eigenvalue weighted by Gasteiger charge is -2.30. The minimum absolute atomic E-state index is 0. The Morgan fingerprint density at radius 1 is 1.05 bits per heavy atom. The molecular formula is C27H40ClN5O4. The number of hydrazine groups is 1. The molecule has 1 aromatic carbocycles. The number of hydrogen-bond acceptors (Lipinski definition) is 5. The molecule has 0 fully saturated rings. The van der Waals surface area contributed by atoms with E-state index >= 15 is 0 Å². The van der Waals surface area contributed by atoms with Gasteiger partial charge in [0.1, 0.15) is 0 Å². The predicted molar refractivity (Wildman–Crippen MR) is 145 cm³/mol. The third-order valence-electron chi connectivity index (χ3n) is 5.74. The highest BCUT2D eigenvalue weighted by atomic mass is 35.5. The van der Waals surface area contributed by atoms with Gasteiger partial charge >= 0.3 is 0 Å². The first-order valence-corrected chi connectivity index (χ1v) is 12.4. The van der Waals surface area contributed by atoms with E-state index in [1.165, 1.54) is 5.01 Å². The van der Waals surface area contributed by atoms with Crippen molar-refractivity contribution in [2.75, 3.05) is 6.54 Å². The number of hydroxylamine groups is 1. The standard InChI is InChI=1S/C27H39N5O4.ClH/c1-19(2)15-24(23(27(35)31-36)12-8-11-21-9-6-5-7-10-21)26(34)30-32(17-20(3)4)25(33)14-13-22-16-28-18-29-22;/h5-11,16,18-20,23-24,36H,12-15,17H2,1-4H3,(H,28,29)(H,30,34)(H,31,35);1H/t23-,24+;/m0./s1. The summed E-state index contributed by atoms with van der Waals surface area (Å²) in [6.45, 7) is 8.19.